The number of unbranched alkanes of at least 4 members (excludes halogenated alkanes) is 1. The molecule has 8 nitrogen and oxygen atoms in total. The average Bonchev–Trinajstić information content (AvgIpc) is 3.10. The van der Waals surface area contributed by atoms with E-state index in [4.69, 9.17) is 27.9 Å². The molecule has 1 unspecified atom stereocenters. The number of sulfonamides is 1. The zero-order valence-corrected chi connectivity index (χ0v) is 30.9. The van der Waals surface area contributed by atoms with Gasteiger partial charge in [-0.1, -0.05) is 72.9 Å². The van der Waals surface area contributed by atoms with Gasteiger partial charge in [-0.3, -0.25) is 13.9 Å². The predicted molar refractivity (Wildman–Crippen MR) is 199 cm³/mol. The molecule has 260 valence electrons. The second-order valence-electron chi connectivity index (χ2n) is 11.2. The molecule has 0 aliphatic rings. The van der Waals surface area contributed by atoms with Crippen molar-refractivity contribution in [1.82, 2.24) is 10.2 Å². The van der Waals surface area contributed by atoms with Crippen LogP contribution in [0.3, 0.4) is 0 Å². The molecule has 0 saturated heterocycles. The highest BCUT2D eigenvalue weighted by molar-refractivity contribution is 7.98. The number of nitrogens with one attached hydrogen (secondary N) is 1. The van der Waals surface area contributed by atoms with Gasteiger partial charge in [0.05, 0.1) is 17.2 Å². The van der Waals surface area contributed by atoms with Gasteiger partial charge in [0.1, 0.15) is 18.3 Å². The Morgan fingerprint density at radius 2 is 1.53 bits per heavy atom. The van der Waals surface area contributed by atoms with Crippen LogP contribution in [-0.4, -0.2) is 57.1 Å². The molecule has 1 N–H and O–H groups in total. The molecule has 0 aliphatic heterocycles. The molecule has 1 atom stereocenters. The van der Waals surface area contributed by atoms with Crippen molar-refractivity contribution in [2.75, 3.05) is 30.3 Å². The first kappa shape index (κ1) is 38.1. The summed E-state index contributed by atoms with van der Waals surface area (Å²) in [5.41, 5.74) is 1.53. The standard InChI is InChI=1S/C37H41Cl2N3O5S2/c1-4-6-23-40-37(44)35(24-27-11-8-7-9-12-27)41(25-32-33(38)13-10-14-34(32)39)36(43)26-42(28-15-17-29(18-16-28)47-5-2)49(45,46)31-21-19-30(48-3)20-22-31/h7-22,35H,4-6,23-26H2,1-3H3,(H,40,44). The minimum Gasteiger partial charge on any atom is -0.494 e. The number of ether oxygens (including phenoxy) is 1. The SMILES string of the molecule is CCCCNC(=O)C(Cc1ccccc1)N(Cc1c(Cl)cccc1Cl)C(=O)CN(c1ccc(OCC)cc1)S(=O)(=O)c1ccc(SC)cc1. The summed E-state index contributed by atoms with van der Waals surface area (Å²) in [6, 6.07) is 26.4. The molecule has 0 bridgehead atoms. The minimum atomic E-state index is -4.26. The highest BCUT2D eigenvalue weighted by Gasteiger charge is 2.35. The molecule has 0 spiro atoms. The fraction of sp³-hybridized carbons (Fsp3) is 0.297. The van der Waals surface area contributed by atoms with Crippen molar-refractivity contribution >= 4 is 62.5 Å². The molecule has 4 aromatic carbocycles. The third-order valence-corrected chi connectivity index (χ3v) is 11.1. The Kier molecular flexibility index (Phi) is 14.3. The molecule has 4 rings (SSSR count). The number of hydrogen-bond acceptors (Lipinski definition) is 6. The number of amides is 2. The summed E-state index contributed by atoms with van der Waals surface area (Å²) >= 11 is 14.7. The van der Waals surface area contributed by atoms with Crippen molar-refractivity contribution in [2.45, 2.75) is 55.5 Å². The Morgan fingerprint density at radius 1 is 0.878 bits per heavy atom. The Hall–Kier alpha value is -3.70. The number of rotatable bonds is 17. The van der Waals surface area contributed by atoms with Gasteiger partial charge in [-0.2, -0.15) is 0 Å². The van der Waals surface area contributed by atoms with Crippen LogP contribution in [0, 0.1) is 0 Å². The Balaban J connectivity index is 1.82. The number of anilines is 1. The van der Waals surface area contributed by atoms with E-state index >= 15 is 0 Å². The molecule has 0 aromatic heterocycles. The van der Waals surface area contributed by atoms with E-state index in [1.165, 1.54) is 28.8 Å². The van der Waals surface area contributed by atoms with Gasteiger partial charge in [0.25, 0.3) is 10.0 Å². The fourth-order valence-electron chi connectivity index (χ4n) is 5.19. The van der Waals surface area contributed by atoms with Gasteiger partial charge in [-0.15, -0.1) is 11.8 Å². The summed E-state index contributed by atoms with van der Waals surface area (Å²) in [6.45, 7) is 4.00. The smallest absolute Gasteiger partial charge is 0.264 e. The number of carbonyl (C=O) groups is 2. The molecule has 4 aromatic rings. The van der Waals surface area contributed by atoms with Crippen molar-refractivity contribution in [2.24, 2.45) is 0 Å². The van der Waals surface area contributed by atoms with E-state index in [0.29, 0.717) is 34.5 Å². The third-order valence-electron chi connectivity index (χ3n) is 7.85. The fourth-order valence-corrected chi connectivity index (χ4v) is 7.53. The quantitative estimate of drug-likeness (QED) is 0.0875. The Labute approximate surface area is 303 Å². The third kappa shape index (κ3) is 10.2. The zero-order valence-electron chi connectivity index (χ0n) is 27.8. The lowest BCUT2D eigenvalue weighted by Crippen LogP contribution is -2.53. The zero-order chi connectivity index (χ0) is 35.4. The second kappa shape index (κ2) is 18.3. The van der Waals surface area contributed by atoms with Gasteiger partial charge in [-0.05, 0) is 85.8 Å². The van der Waals surface area contributed by atoms with Crippen molar-refractivity contribution in [3.63, 3.8) is 0 Å². The van der Waals surface area contributed by atoms with E-state index in [9.17, 15) is 18.0 Å². The molecule has 0 heterocycles. The van der Waals surface area contributed by atoms with E-state index in [0.717, 1.165) is 27.6 Å². The van der Waals surface area contributed by atoms with Gasteiger partial charge < -0.3 is 15.0 Å². The number of nitrogens with zero attached hydrogens (tertiary/aromatic N) is 2. The number of halogens is 2. The van der Waals surface area contributed by atoms with Crippen LogP contribution in [-0.2, 0) is 32.6 Å². The normalized spacial score (nSPS) is 11.9. The number of hydrogen-bond donors (Lipinski definition) is 1. The number of carbonyl (C=O) groups excluding carboxylic acids is 2. The summed E-state index contributed by atoms with van der Waals surface area (Å²) in [4.78, 5) is 30.9. The second-order valence-corrected chi connectivity index (χ2v) is 14.7. The maximum Gasteiger partial charge on any atom is 0.264 e. The van der Waals surface area contributed by atoms with Gasteiger partial charge in [0.15, 0.2) is 0 Å². The average molecular weight is 743 g/mol. The van der Waals surface area contributed by atoms with E-state index in [1.54, 1.807) is 54.6 Å². The van der Waals surface area contributed by atoms with Crippen molar-refractivity contribution < 1.29 is 22.7 Å². The van der Waals surface area contributed by atoms with Crippen molar-refractivity contribution in [3.8, 4) is 5.75 Å². The van der Waals surface area contributed by atoms with E-state index in [1.807, 2.05) is 50.4 Å². The monoisotopic (exact) mass is 741 g/mol. The molecular formula is C37H41Cl2N3O5S2. The lowest BCUT2D eigenvalue weighted by atomic mass is 10.0. The lowest BCUT2D eigenvalue weighted by Gasteiger charge is -2.34. The van der Waals surface area contributed by atoms with E-state index in [-0.39, 0.29) is 29.5 Å². The topological polar surface area (TPSA) is 96.0 Å². The van der Waals surface area contributed by atoms with E-state index < -0.39 is 28.5 Å². The van der Waals surface area contributed by atoms with Crippen LogP contribution < -0.4 is 14.4 Å². The molecular weight excluding hydrogens is 701 g/mol. The van der Waals surface area contributed by atoms with Crippen molar-refractivity contribution in [3.05, 3.63) is 118 Å². The summed E-state index contributed by atoms with van der Waals surface area (Å²) in [6.07, 6.45) is 3.71. The first-order chi connectivity index (χ1) is 23.6. The van der Waals surface area contributed by atoms with Crippen LogP contribution >= 0.6 is 35.0 Å². The predicted octanol–water partition coefficient (Wildman–Crippen LogP) is 7.87. The summed E-state index contributed by atoms with van der Waals surface area (Å²) < 4.78 is 35.3. The van der Waals surface area contributed by atoms with Crippen molar-refractivity contribution in [1.29, 1.82) is 0 Å². The van der Waals surface area contributed by atoms with Crippen LogP contribution in [0.5, 0.6) is 5.75 Å². The summed E-state index contributed by atoms with van der Waals surface area (Å²) in [5, 5.41) is 3.62. The molecule has 0 saturated carbocycles. The molecule has 0 aliphatic carbocycles. The maximum absolute atomic E-state index is 14.7. The summed E-state index contributed by atoms with van der Waals surface area (Å²) in [5.74, 6) is -0.418. The number of benzene rings is 4. The molecule has 2 amide bonds. The molecule has 0 radical (unpaired) electrons. The Morgan fingerprint density at radius 3 is 2.12 bits per heavy atom. The minimum absolute atomic E-state index is 0.0193. The van der Waals surface area contributed by atoms with Gasteiger partial charge in [0, 0.05) is 40.0 Å². The van der Waals surface area contributed by atoms with Crippen LogP contribution in [0.1, 0.15) is 37.8 Å². The van der Waals surface area contributed by atoms with E-state index in [2.05, 4.69) is 5.32 Å². The van der Waals surface area contributed by atoms with Crippen LogP contribution in [0.2, 0.25) is 10.0 Å². The van der Waals surface area contributed by atoms with Crippen LogP contribution in [0.25, 0.3) is 0 Å². The van der Waals surface area contributed by atoms with Crippen LogP contribution in [0.15, 0.2) is 107 Å². The molecule has 49 heavy (non-hydrogen) atoms. The summed E-state index contributed by atoms with van der Waals surface area (Å²) in [7, 11) is -4.26. The Bertz CT molecular complexity index is 1770. The lowest BCUT2D eigenvalue weighted by molar-refractivity contribution is -0.140. The number of thioether (sulfide) groups is 1. The molecule has 12 heteroatoms. The highest BCUT2D eigenvalue weighted by Crippen LogP contribution is 2.30. The maximum atomic E-state index is 14.7. The van der Waals surface area contributed by atoms with Gasteiger partial charge >= 0.3 is 0 Å². The first-order valence-corrected chi connectivity index (χ1v) is 19.4. The largest absolute Gasteiger partial charge is 0.494 e. The van der Waals surface area contributed by atoms with Gasteiger partial charge in [-0.25, -0.2) is 8.42 Å². The highest BCUT2D eigenvalue weighted by atomic mass is 35.5. The molecule has 0 fully saturated rings. The first-order valence-electron chi connectivity index (χ1n) is 16.0. The van der Waals surface area contributed by atoms with Gasteiger partial charge in [0.2, 0.25) is 11.8 Å². The van der Waals surface area contributed by atoms with Crippen LogP contribution in [0.4, 0.5) is 5.69 Å².